The van der Waals surface area contributed by atoms with Crippen LogP contribution in [0.15, 0.2) is 18.2 Å². The van der Waals surface area contributed by atoms with Gasteiger partial charge in [-0.25, -0.2) is 0 Å². The number of aryl methyl sites for hydroxylation is 2. The lowest BCUT2D eigenvalue weighted by Crippen LogP contribution is -2.08. The minimum Gasteiger partial charge on any atom is -0.467 e. The van der Waals surface area contributed by atoms with Gasteiger partial charge < -0.3 is 10.1 Å². The molecule has 1 heterocycles. The summed E-state index contributed by atoms with van der Waals surface area (Å²) < 4.78 is 6.92. The molecule has 5 heteroatoms. The summed E-state index contributed by atoms with van der Waals surface area (Å²) in [6.07, 6.45) is 0. The molecule has 5 nitrogen and oxygen atoms in total. The van der Waals surface area contributed by atoms with Gasteiger partial charge in [0.05, 0.1) is 13.7 Å². The van der Waals surface area contributed by atoms with Crippen molar-refractivity contribution in [3.8, 4) is 6.01 Å². The van der Waals surface area contributed by atoms with Crippen LogP contribution in [0.3, 0.4) is 0 Å². The highest BCUT2D eigenvalue weighted by molar-refractivity contribution is 5.56. The van der Waals surface area contributed by atoms with E-state index in [2.05, 4.69) is 47.6 Å². The average molecular weight is 246 g/mol. The largest absolute Gasteiger partial charge is 0.467 e. The van der Waals surface area contributed by atoms with Gasteiger partial charge >= 0.3 is 6.01 Å². The zero-order chi connectivity index (χ0) is 13.1. The van der Waals surface area contributed by atoms with Crippen molar-refractivity contribution in [1.29, 1.82) is 0 Å². The van der Waals surface area contributed by atoms with Crippen molar-refractivity contribution in [3.05, 3.63) is 35.2 Å². The Bertz CT molecular complexity index is 528. The maximum Gasteiger partial charge on any atom is 0.316 e. The zero-order valence-corrected chi connectivity index (χ0v) is 11.2. The van der Waals surface area contributed by atoms with Gasteiger partial charge in [-0.2, -0.15) is 0 Å². The van der Waals surface area contributed by atoms with Gasteiger partial charge in [-0.15, -0.1) is 5.10 Å². The van der Waals surface area contributed by atoms with Crippen LogP contribution in [-0.2, 0) is 13.6 Å². The summed E-state index contributed by atoms with van der Waals surface area (Å²) in [6.45, 7) is 4.80. The molecule has 2 rings (SSSR count). The molecule has 96 valence electrons. The fraction of sp³-hybridized carbons (Fsp3) is 0.385. The third-order valence-electron chi connectivity index (χ3n) is 3.01. The first-order valence-corrected chi connectivity index (χ1v) is 5.86. The lowest BCUT2D eigenvalue weighted by molar-refractivity contribution is 0.363. The third kappa shape index (κ3) is 2.30. The molecule has 0 amide bonds. The summed E-state index contributed by atoms with van der Waals surface area (Å²) >= 11 is 0. The molecule has 0 radical (unpaired) electrons. The molecule has 0 unspecified atom stereocenters. The molecule has 0 saturated heterocycles. The predicted octanol–water partition coefficient (Wildman–Crippen LogP) is 2.05. The van der Waals surface area contributed by atoms with Gasteiger partial charge in [0.25, 0.3) is 0 Å². The summed E-state index contributed by atoms with van der Waals surface area (Å²) in [6, 6.07) is 6.76. The predicted molar refractivity (Wildman–Crippen MR) is 70.8 cm³/mol. The van der Waals surface area contributed by atoms with Crippen LogP contribution in [0.2, 0.25) is 0 Å². The quantitative estimate of drug-likeness (QED) is 0.897. The van der Waals surface area contributed by atoms with Crippen LogP contribution < -0.4 is 10.1 Å². The Kier molecular flexibility index (Phi) is 3.50. The molecule has 2 aromatic rings. The summed E-state index contributed by atoms with van der Waals surface area (Å²) in [5.41, 5.74) is 3.60. The molecule has 1 aromatic heterocycles. The highest BCUT2D eigenvalue weighted by atomic mass is 16.5. The fourth-order valence-corrected chi connectivity index (χ4v) is 1.94. The third-order valence-corrected chi connectivity index (χ3v) is 3.01. The van der Waals surface area contributed by atoms with Gasteiger partial charge in [-0.3, -0.25) is 4.57 Å². The zero-order valence-electron chi connectivity index (χ0n) is 11.2. The van der Waals surface area contributed by atoms with Crippen molar-refractivity contribution in [1.82, 2.24) is 14.8 Å². The standard InChI is InChI=1S/C13H18N4O/c1-9-6-5-7-10(2)12(9)14-8-11-15-16-13(18-4)17(11)3/h5-7,14H,8H2,1-4H3. The van der Waals surface area contributed by atoms with Crippen molar-refractivity contribution in [2.24, 2.45) is 7.05 Å². The highest BCUT2D eigenvalue weighted by Crippen LogP contribution is 2.20. The van der Waals surface area contributed by atoms with Crippen LogP contribution in [0.25, 0.3) is 0 Å². The van der Waals surface area contributed by atoms with E-state index in [1.807, 2.05) is 11.6 Å². The number of nitrogens with one attached hydrogen (secondary N) is 1. The van der Waals surface area contributed by atoms with E-state index >= 15 is 0 Å². The molecule has 0 spiro atoms. The second-order valence-electron chi connectivity index (χ2n) is 4.28. The first kappa shape index (κ1) is 12.4. The Hall–Kier alpha value is -2.04. The first-order valence-electron chi connectivity index (χ1n) is 5.86. The van der Waals surface area contributed by atoms with Gasteiger partial charge in [0, 0.05) is 12.7 Å². The number of methoxy groups -OCH3 is 1. The van der Waals surface area contributed by atoms with Gasteiger partial charge in [0.1, 0.15) is 0 Å². The number of hydrogen-bond donors (Lipinski definition) is 1. The minimum atomic E-state index is 0.522. The Morgan fingerprint density at radius 1 is 1.22 bits per heavy atom. The van der Waals surface area contributed by atoms with Crippen molar-refractivity contribution >= 4 is 5.69 Å². The molecule has 18 heavy (non-hydrogen) atoms. The van der Waals surface area contributed by atoms with E-state index < -0.39 is 0 Å². The molecule has 1 aromatic carbocycles. The average Bonchev–Trinajstić information content (AvgIpc) is 2.70. The monoisotopic (exact) mass is 246 g/mol. The number of benzene rings is 1. The Morgan fingerprint density at radius 3 is 2.44 bits per heavy atom. The lowest BCUT2D eigenvalue weighted by atomic mass is 10.1. The number of nitrogens with zero attached hydrogens (tertiary/aromatic N) is 3. The lowest BCUT2D eigenvalue weighted by Gasteiger charge is -2.12. The molecule has 0 atom stereocenters. The molecular weight excluding hydrogens is 228 g/mol. The van der Waals surface area contributed by atoms with Crippen LogP contribution in [0, 0.1) is 13.8 Å². The molecule has 0 aliphatic heterocycles. The van der Waals surface area contributed by atoms with Crippen LogP contribution in [0.5, 0.6) is 6.01 Å². The molecule has 0 aliphatic carbocycles. The van der Waals surface area contributed by atoms with E-state index in [0.717, 1.165) is 11.5 Å². The van der Waals surface area contributed by atoms with Crippen LogP contribution in [-0.4, -0.2) is 21.9 Å². The van der Waals surface area contributed by atoms with Gasteiger partial charge in [-0.05, 0) is 25.0 Å². The number of ether oxygens (including phenoxy) is 1. The molecule has 0 aliphatic rings. The van der Waals surface area contributed by atoms with E-state index in [4.69, 9.17) is 4.74 Å². The number of para-hydroxylation sites is 1. The maximum absolute atomic E-state index is 5.09. The van der Waals surface area contributed by atoms with E-state index in [1.54, 1.807) is 7.11 Å². The second-order valence-corrected chi connectivity index (χ2v) is 4.28. The van der Waals surface area contributed by atoms with E-state index in [9.17, 15) is 0 Å². The Balaban J connectivity index is 2.14. The van der Waals surface area contributed by atoms with E-state index in [-0.39, 0.29) is 0 Å². The second kappa shape index (κ2) is 5.08. The van der Waals surface area contributed by atoms with E-state index in [0.29, 0.717) is 12.6 Å². The van der Waals surface area contributed by atoms with Crippen molar-refractivity contribution < 1.29 is 4.74 Å². The van der Waals surface area contributed by atoms with Gasteiger partial charge in [0.15, 0.2) is 5.82 Å². The number of aromatic nitrogens is 3. The number of rotatable bonds is 4. The molecule has 0 fully saturated rings. The van der Waals surface area contributed by atoms with E-state index in [1.165, 1.54) is 11.1 Å². The number of anilines is 1. The van der Waals surface area contributed by atoms with Crippen molar-refractivity contribution in [3.63, 3.8) is 0 Å². The highest BCUT2D eigenvalue weighted by Gasteiger charge is 2.09. The summed E-state index contributed by atoms with van der Waals surface area (Å²) in [4.78, 5) is 0. The van der Waals surface area contributed by atoms with Crippen molar-refractivity contribution in [2.75, 3.05) is 12.4 Å². The first-order chi connectivity index (χ1) is 8.63. The fourth-order valence-electron chi connectivity index (χ4n) is 1.94. The summed E-state index contributed by atoms with van der Waals surface area (Å²) in [5.74, 6) is 0.842. The molecule has 1 N–H and O–H groups in total. The maximum atomic E-state index is 5.09. The SMILES string of the molecule is COc1nnc(CNc2c(C)cccc2C)n1C. The van der Waals surface area contributed by atoms with Crippen LogP contribution in [0.1, 0.15) is 17.0 Å². The topological polar surface area (TPSA) is 52.0 Å². The van der Waals surface area contributed by atoms with Crippen LogP contribution >= 0.6 is 0 Å². The molecule has 0 bridgehead atoms. The minimum absolute atomic E-state index is 0.522. The Morgan fingerprint density at radius 2 is 1.89 bits per heavy atom. The van der Waals surface area contributed by atoms with Crippen LogP contribution in [0.4, 0.5) is 5.69 Å². The molecule has 0 saturated carbocycles. The normalized spacial score (nSPS) is 10.4. The summed E-state index contributed by atoms with van der Waals surface area (Å²) in [7, 11) is 3.48. The van der Waals surface area contributed by atoms with Gasteiger partial charge in [0.2, 0.25) is 0 Å². The van der Waals surface area contributed by atoms with Gasteiger partial charge in [-0.1, -0.05) is 23.3 Å². The molecular formula is C13H18N4O. The van der Waals surface area contributed by atoms with Crippen molar-refractivity contribution in [2.45, 2.75) is 20.4 Å². The number of hydrogen-bond acceptors (Lipinski definition) is 4. The Labute approximate surface area is 107 Å². The smallest absolute Gasteiger partial charge is 0.316 e. The summed E-state index contributed by atoms with van der Waals surface area (Å²) in [5, 5.41) is 11.4.